The fraction of sp³-hybridized carbons (Fsp3) is 0.423. The van der Waals surface area contributed by atoms with Crippen LogP contribution in [-0.4, -0.2) is 78.5 Å². The van der Waals surface area contributed by atoms with Gasteiger partial charge in [-0.15, -0.1) is 0 Å². The molecule has 2 heterocycles. The van der Waals surface area contributed by atoms with Crippen LogP contribution >= 0.6 is 0 Å². The van der Waals surface area contributed by atoms with Gasteiger partial charge in [-0.3, -0.25) is 14.5 Å². The molecule has 0 saturated carbocycles. The molecule has 0 unspecified atom stereocenters. The highest BCUT2D eigenvalue weighted by atomic mass is 16.4. The summed E-state index contributed by atoms with van der Waals surface area (Å²) in [6.45, 7) is 5.08. The molecule has 0 aromatic heterocycles. The first-order valence-electron chi connectivity index (χ1n) is 12.0. The summed E-state index contributed by atoms with van der Waals surface area (Å²) in [5.74, 6) is -1.23. The standard InChI is InChI=1S/C26H32N4O4/c31-24(30-12-6-1-2-7-13-30)19-28-14-16-29(17-15-28)21-10-11-23(22(18-21)26(33)34)27-25(32)20-8-4-3-5-9-20/h3-5,8-11,18H,1-2,6-7,12-17,19H2,(H,27,32)(H,33,34). The lowest BCUT2D eigenvalue weighted by molar-refractivity contribution is -0.132. The molecule has 8 heteroatoms. The number of benzene rings is 2. The maximum Gasteiger partial charge on any atom is 0.337 e. The summed E-state index contributed by atoms with van der Waals surface area (Å²) in [5.41, 5.74) is 1.59. The Balaban J connectivity index is 1.36. The van der Waals surface area contributed by atoms with E-state index in [0.717, 1.165) is 44.7 Å². The summed E-state index contributed by atoms with van der Waals surface area (Å²) in [6, 6.07) is 13.8. The van der Waals surface area contributed by atoms with Crippen molar-refractivity contribution < 1.29 is 19.5 Å². The second-order valence-electron chi connectivity index (χ2n) is 8.91. The minimum atomic E-state index is -1.09. The molecule has 8 nitrogen and oxygen atoms in total. The average Bonchev–Trinajstić information content (AvgIpc) is 3.15. The number of likely N-dealkylation sites (tertiary alicyclic amines) is 1. The summed E-state index contributed by atoms with van der Waals surface area (Å²) in [7, 11) is 0. The number of rotatable bonds is 6. The van der Waals surface area contributed by atoms with Crippen LogP contribution in [0, 0.1) is 0 Å². The smallest absolute Gasteiger partial charge is 0.337 e. The molecule has 0 aliphatic carbocycles. The summed E-state index contributed by atoms with van der Waals surface area (Å²) < 4.78 is 0. The molecule has 0 bridgehead atoms. The van der Waals surface area contributed by atoms with Gasteiger partial charge in [-0.2, -0.15) is 0 Å². The van der Waals surface area contributed by atoms with Crippen LogP contribution in [0.5, 0.6) is 0 Å². The van der Waals surface area contributed by atoms with Crippen molar-refractivity contribution in [1.29, 1.82) is 0 Å². The maximum absolute atomic E-state index is 12.7. The number of carbonyl (C=O) groups is 3. The molecule has 4 rings (SSSR count). The summed E-state index contributed by atoms with van der Waals surface area (Å²) >= 11 is 0. The Hall–Kier alpha value is -3.39. The van der Waals surface area contributed by atoms with Gasteiger partial charge in [-0.05, 0) is 43.2 Å². The Kier molecular flexibility index (Phi) is 7.80. The van der Waals surface area contributed by atoms with Gasteiger partial charge in [0.15, 0.2) is 0 Å². The van der Waals surface area contributed by atoms with Crippen molar-refractivity contribution in [2.75, 3.05) is 56.0 Å². The molecule has 2 fully saturated rings. The van der Waals surface area contributed by atoms with E-state index in [1.54, 1.807) is 36.4 Å². The van der Waals surface area contributed by atoms with E-state index < -0.39 is 5.97 Å². The second-order valence-corrected chi connectivity index (χ2v) is 8.91. The van der Waals surface area contributed by atoms with Crippen molar-refractivity contribution in [3.63, 3.8) is 0 Å². The van der Waals surface area contributed by atoms with Gasteiger partial charge in [0, 0.05) is 50.5 Å². The van der Waals surface area contributed by atoms with Gasteiger partial charge in [-0.25, -0.2) is 4.79 Å². The summed E-state index contributed by atoms with van der Waals surface area (Å²) in [4.78, 5) is 43.4. The molecule has 0 radical (unpaired) electrons. The molecule has 2 aliphatic rings. The molecule has 0 spiro atoms. The molecule has 0 atom stereocenters. The van der Waals surface area contributed by atoms with Gasteiger partial charge < -0.3 is 20.2 Å². The Morgan fingerprint density at radius 2 is 1.50 bits per heavy atom. The van der Waals surface area contributed by atoms with Crippen molar-refractivity contribution >= 4 is 29.2 Å². The van der Waals surface area contributed by atoms with Crippen molar-refractivity contribution in [3.8, 4) is 0 Å². The van der Waals surface area contributed by atoms with Crippen molar-refractivity contribution in [1.82, 2.24) is 9.80 Å². The second kappa shape index (κ2) is 11.2. The molecule has 2 N–H and O–H groups in total. The topological polar surface area (TPSA) is 93.2 Å². The lowest BCUT2D eigenvalue weighted by atomic mass is 10.1. The zero-order chi connectivity index (χ0) is 23.9. The third-order valence-electron chi connectivity index (χ3n) is 6.57. The Morgan fingerprint density at radius 3 is 2.15 bits per heavy atom. The fourth-order valence-corrected chi connectivity index (χ4v) is 4.57. The van der Waals surface area contributed by atoms with Gasteiger partial charge >= 0.3 is 5.97 Å². The van der Waals surface area contributed by atoms with E-state index in [-0.39, 0.29) is 23.1 Å². The van der Waals surface area contributed by atoms with E-state index in [2.05, 4.69) is 15.1 Å². The molecular weight excluding hydrogens is 432 g/mol. The van der Waals surface area contributed by atoms with Crippen molar-refractivity contribution in [2.45, 2.75) is 25.7 Å². The molecule has 2 aliphatic heterocycles. The summed E-state index contributed by atoms with van der Waals surface area (Å²) in [5, 5.41) is 12.5. The first-order chi connectivity index (χ1) is 16.5. The number of nitrogens with one attached hydrogen (secondary N) is 1. The van der Waals surface area contributed by atoms with Crippen LogP contribution in [0.3, 0.4) is 0 Å². The van der Waals surface area contributed by atoms with Gasteiger partial charge in [-0.1, -0.05) is 31.0 Å². The highest BCUT2D eigenvalue weighted by molar-refractivity contribution is 6.08. The maximum atomic E-state index is 12.7. The van der Waals surface area contributed by atoms with Gasteiger partial charge in [0.25, 0.3) is 5.91 Å². The fourth-order valence-electron chi connectivity index (χ4n) is 4.57. The highest BCUT2D eigenvalue weighted by Crippen LogP contribution is 2.25. The number of aromatic carboxylic acids is 1. The summed E-state index contributed by atoms with van der Waals surface area (Å²) in [6.07, 6.45) is 4.59. The Morgan fingerprint density at radius 1 is 0.824 bits per heavy atom. The molecule has 2 aromatic rings. The predicted octanol–water partition coefficient (Wildman–Crippen LogP) is 3.16. The number of piperazine rings is 1. The first-order valence-corrected chi connectivity index (χ1v) is 12.0. The van der Waals surface area contributed by atoms with E-state index in [0.29, 0.717) is 25.2 Å². The minimum Gasteiger partial charge on any atom is -0.478 e. The van der Waals surface area contributed by atoms with E-state index in [1.807, 2.05) is 17.0 Å². The van der Waals surface area contributed by atoms with Crippen LogP contribution in [0.25, 0.3) is 0 Å². The van der Waals surface area contributed by atoms with Crippen LogP contribution in [0.1, 0.15) is 46.4 Å². The number of hydrogen-bond donors (Lipinski definition) is 2. The van der Waals surface area contributed by atoms with E-state index in [1.165, 1.54) is 12.8 Å². The largest absolute Gasteiger partial charge is 0.478 e. The minimum absolute atomic E-state index is 0.0561. The Labute approximate surface area is 200 Å². The molecule has 180 valence electrons. The van der Waals surface area contributed by atoms with Gasteiger partial charge in [0.05, 0.1) is 17.8 Å². The third-order valence-corrected chi connectivity index (χ3v) is 6.57. The number of carboxylic acids is 1. The van der Waals surface area contributed by atoms with Crippen molar-refractivity contribution in [3.05, 3.63) is 59.7 Å². The number of carbonyl (C=O) groups excluding carboxylic acids is 2. The van der Waals surface area contributed by atoms with E-state index in [4.69, 9.17) is 0 Å². The SMILES string of the molecule is O=C(Nc1ccc(N2CCN(CC(=O)N3CCCCCC3)CC2)cc1C(=O)O)c1ccccc1. The van der Waals surface area contributed by atoms with E-state index >= 15 is 0 Å². The molecular formula is C26H32N4O4. The van der Waals surface area contributed by atoms with Crippen LogP contribution in [0.2, 0.25) is 0 Å². The first kappa shape index (κ1) is 23.8. The van der Waals surface area contributed by atoms with Crippen molar-refractivity contribution in [2.24, 2.45) is 0 Å². The number of hydrogen-bond acceptors (Lipinski definition) is 5. The normalized spacial score (nSPS) is 17.2. The van der Waals surface area contributed by atoms with Gasteiger partial charge in [0.2, 0.25) is 5.91 Å². The predicted molar refractivity (Wildman–Crippen MR) is 131 cm³/mol. The number of anilines is 2. The molecule has 2 saturated heterocycles. The lowest BCUT2D eigenvalue weighted by Gasteiger charge is -2.36. The monoisotopic (exact) mass is 464 g/mol. The van der Waals surface area contributed by atoms with E-state index in [9.17, 15) is 19.5 Å². The zero-order valence-corrected chi connectivity index (χ0v) is 19.4. The Bertz CT molecular complexity index is 1010. The van der Waals surface area contributed by atoms with Crippen LogP contribution < -0.4 is 10.2 Å². The van der Waals surface area contributed by atoms with Gasteiger partial charge in [0.1, 0.15) is 0 Å². The van der Waals surface area contributed by atoms with Crippen LogP contribution in [0.15, 0.2) is 48.5 Å². The third kappa shape index (κ3) is 5.94. The average molecular weight is 465 g/mol. The quantitative estimate of drug-likeness (QED) is 0.682. The number of amides is 2. The molecule has 34 heavy (non-hydrogen) atoms. The highest BCUT2D eigenvalue weighted by Gasteiger charge is 2.24. The number of nitrogens with zero attached hydrogens (tertiary/aromatic N) is 3. The van der Waals surface area contributed by atoms with Crippen LogP contribution in [0.4, 0.5) is 11.4 Å². The number of carboxylic acid groups (broad SMARTS) is 1. The zero-order valence-electron chi connectivity index (χ0n) is 19.4. The molecule has 2 amide bonds. The molecule has 2 aromatic carbocycles. The van der Waals surface area contributed by atoms with Crippen LogP contribution in [-0.2, 0) is 4.79 Å². The lowest BCUT2D eigenvalue weighted by Crippen LogP contribution is -2.50.